The van der Waals surface area contributed by atoms with Gasteiger partial charge in [-0.3, -0.25) is 0 Å². The Morgan fingerprint density at radius 1 is 1.10 bits per heavy atom. The predicted octanol–water partition coefficient (Wildman–Crippen LogP) is 4.09. The topological polar surface area (TPSA) is 9.23 Å². The minimum absolute atomic E-state index is 0.148. The third-order valence-corrected chi connectivity index (χ3v) is 4.03. The molecule has 0 spiro atoms. The number of fused-ring (bicyclic) bond motifs is 2. The molecule has 3 rings (SSSR count). The molecule has 1 aliphatic rings. The maximum Gasteiger partial charge on any atom is 0.123 e. The Bertz CT molecular complexity index is 606. The number of hydrogen-bond acceptors (Lipinski definition) is 1. The van der Waals surface area contributed by atoms with Gasteiger partial charge in [0, 0.05) is 12.5 Å². The van der Waals surface area contributed by atoms with E-state index in [1.807, 2.05) is 13.0 Å². The molecule has 0 bridgehead atoms. The summed E-state index contributed by atoms with van der Waals surface area (Å²) in [5.74, 6) is 0.166. The van der Waals surface area contributed by atoms with Gasteiger partial charge < -0.3 is 4.74 Å². The summed E-state index contributed by atoms with van der Waals surface area (Å²) in [6.45, 7) is 3.42. The fourth-order valence-electron chi connectivity index (χ4n) is 3.04. The van der Waals surface area contributed by atoms with Gasteiger partial charge in [0.15, 0.2) is 0 Å². The second-order valence-electron chi connectivity index (χ2n) is 5.35. The van der Waals surface area contributed by atoms with Crippen LogP contribution in [0.1, 0.15) is 35.1 Å². The van der Waals surface area contributed by atoms with Crippen LogP contribution in [0.25, 0.3) is 0 Å². The molecule has 0 heterocycles. The van der Waals surface area contributed by atoms with Gasteiger partial charge in [-0.15, -0.1) is 0 Å². The monoisotopic (exact) mass is 270 g/mol. The molecule has 1 atom stereocenters. The van der Waals surface area contributed by atoms with E-state index < -0.39 is 0 Å². The number of ether oxygens (including phenoxy) is 1. The summed E-state index contributed by atoms with van der Waals surface area (Å²) in [4.78, 5) is 0. The number of halogens is 1. The molecule has 2 aromatic rings. The Balaban J connectivity index is 2.02. The molecule has 0 N–H and O–H groups in total. The zero-order valence-corrected chi connectivity index (χ0v) is 11.7. The molecule has 0 fully saturated rings. The first-order valence-corrected chi connectivity index (χ1v) is 7.20. The molecule has 104 valence electrons. The summed E-state index contributed by atoms with van der Waals surface area (Å²) in [6, 6.07) is 13.7. The average molecular weight is 270 g/mol. The fraction of sp³-hybridized carbons (Fsp3) is 0.333. The second kappa shape index (κ2) is 5.76. The first-order valence-electron chi connectivity index (χ1n) is 7.20. The predicted molar refractivity (Wildman–Crippen MR) is 78.6 cm³/mol. The van der Waals surface area contributed by atoms with Crippen molar-refractivity contribution in [3.05, 3.63) is 70.5 Å². The van der Waals surface area contributed by atoms with Gasteiger partial charge in [0.1, 0.15) is 5.82 Å². The van der Waals surface area contributed by atoms with E-state index in [0.717, 1.165) is 18.4 Å². The SMILES string of the molecule is CCOCC1Cc2cc(F)ccc2Cc2ccccc21. The molecular weight excluding hydrogens is 251 g/mol. The van der Waals surface area contributed by atoms with Gasteiger partial charge in [-0.25, -0.2) is 4.39 Å². The molecule has 0 amide bonds. The van der Waals surface area contributed by atoms with Gasteiger partial charge in [0.2, 0.25) is 0 Å². The van der Waals surface area contributed by atoms with Gasteiger partial charge in [0.25, 0.3) is 0 Å². The van der Waals surface area contributed by atoms with Crippen LogP contribution in [0.3, 0.4) is 0 Å². The molecule has 1 unspecified atom stereocenters. The Kier molecular flexibility index (Phi) is 3.83. The molecule has 20 heavy (non-hydrogen) atoms. The van der Waals surface area contributed by atoms with E-state index in [4.69, 9.17) is 4.74 Å². The summed E-state index contributed by atoms with van der Waals surface area (Å²) < 4.78 is 19.1. The largest absolute Gasteiger partial charge is 0.381 e. The molecule has 0 saturated heterocycles. The smallest absolute Gasteiger partial charge is 0.123 e. The van der Waals surface area contributed by atoms with Crippen molar-refractivity contribution in [1.82, 2.24) is 0 Å². The van der Waals surface area contributed by atoms with E-state index in [2.05, 4.69) is 24.3 Å². The van der Waals surface area contributed by atoms with Crippen LogP contribution in [0, 0.1) is 5.82 Å². The summed E-state index contributed by atoms with van der Waals surface area (Å²) in [5.41, 5.74) is 5.03. The van der Waals surface area contributed by atoms with Crippen LogP contribution in [0.4, 0.5) is 4.39 Å². The molecule has 0 aliphatic heterocycles. The molecule has 0 saturated carbocycles. The number of benzene rings is 2. The zero-order valence-electron chi connectivity index (χ0n) is 11.7. The quantitative estimate of drug-likeness (QED) is 0.816. The van der Waals surface area contributed by atoms with E-state index in [-0.39, 0.29) is 5.82 Å². The lowest BCUT2D eigenvalue weighted by molar-refractivity contribution is 0.132. The van der Waals surface area contributed by atoms with E-state index in [0.29, 0.717) is 19.1 Å². The van der Waals surface area contributed by atoms with E-state index in [9.17, 15) is 4.39 Å². The highest BCUT2D eigenvalue weighted by atomic mass is 19.1. The summed E-state index contributed by atoms with van der Waals surface area (Å²) in [7, 11) is 0. The fourth-order valence-corrected chi connectivity index (χ4v) is 3.04. The Hall–Kier alpha value is -1.67. The van der Waals surface area contributed by atoms with Gasteiger partial charge in [0.05, 0.1) is 6.61 Å². The van der Waals surface area contributed by atoms with Crippen molar-refractivity contribution in [3.8, 4) is 0 Å². The van der Waals surface area contributed by atoms with Crippen LogP contribution >= 0.6 is 0 Å². The molecule has 1 aliphatic carbocycles. The highest BCUT2D eigenvalue weighted by Crippen LogP contribution is 2.32. The zero-order chi connectivity index (χ0) is 13.9. The lowest BCUT2D eigenvalue weighted by atomic mass is 9.92. The summed E-state index contributed by atoms with van der Waals surface area (Å²) >= 11 is 0. The third-order valence-electron chi connectivity index (χ3n) is 4.03. The van der Waals surface area contributed by atoms with Crippen molar-refractivity contribution in [3.63, 3.8) is 0 Å². The van der Waals surface area contributed by atoms with E-state index in [1.165, 1.54) is 16.7 Å². The minimum atomic E-state index is -0.148. The van der Waals surface area contributed by atoms with Gasteiger partial charge in [-0.1, -0.05) is 30.3 Å². The van der Waals surface area contributed by atoms with Crippen LogP contribution in [0.15, 0.2) is 42.5 Å². The van der Waals surface area contributed by atoms with Crippen molar-refractivity contribution in [2.45, 2.75) is 25.7 Å². The van der Waals surface area contributed by atoms with Crippen molar-refractivity contribution in [2.75, 3.05) is 13.2 Å². The lowest BCUT2D eigenvalue weighted by Crippen LogP contribution is -2.11. The average Bonchev–Trinajstić information content (AvgIpc) is 2.61. The third kappa shape index (κ3) is 2.61. The number of rotatable bonds is 3. The van der Waals surface area contributed by atoms with Crippen LogP contribution < -0.4 is 0 Å². The standard InChI is InChI=1S/C18H19FO/c1-2-20-12-16-10-15-11-17(19)8-7-13(15)9-14-5-3-4-6-18(14)16/h3-8,11,16H,2,9-10,12H2,1H3. The Morgan fingerprint density at radius 3 is 2.80 bits per heavy atom. The molecule has 2 aromatic carbocycles. The maximum atomic E-state index is 13.5. The first kappa shape index (κ1) is 13.3. The van der Waals surface area contributed by atoms with Gasteiger partial charge >= 0.3 is 0 Å². The van der Waals surface area contributed by atoms with Crippen molar-refractivity contribution in [1.29, 1.82) is 0 Å². The molecule has 1 nitrogen and oxygen atoms in total. The second-order valence-corrected chi connectivity index (χ2v) is 5.35. The Morgan fingerprint density at radius 2 is 1.95 bits per heavy atom. The van der Waals surface area contributed by atoms with Crippen LogP contribution in [-0.2, 0) is 17.6 Å². The molecule has 2 heteroatoms. The van der Waals surface area contributed by atoms with E-state index >= 15 is 0 Å². The van der Waals surface area contributed by atoms with Crippen molar-refractivity contribution in [2.24, 2.45) is 0 Å². The minimum Gasteiger partial charge on any atom is -0.381 e. The summed E-state index contributed by atoms with van der Waals surface area (Å²) in [5, 5.41) is 0. The molecule has 0 radical (unpaired) electrons. The highest BCUT2D eigenvalue weighted by molar-refractivity contribution is 5.42. The number of hydrogen-bond donors (Lipinski definition) is 0. The van der Waals surface area contributed by atoms with Crippen LogP contribution in [-0.4, -0.2) is 13.2 Å². The van der Waals surface area contributed by atoms with Crippen molar-refractivity contribution >= 4 is 0 Å². The van der Waals surface area contributed by atoms with Gasteiger partial charge in [-0.05, 0) is 54.2 Å². The lowest BCUT2D eigenvalue weighted by Gasteiger charge is -2.17. The normalized spacial score (nSPS) is 17.2. The van der Waals surface area contributed by atoms with Crippen LogP contribution in [0.2, 0.25) is 0 Å². The Labute approximate surface area is 119 Å². The van der Waals surface area contributed by atoms with Gasteiger partial charge in [-0.2, -0.15) is 0 Å². The molecular formula is C18H19FO. The maximum absolute atomic E-state index is 13.5. The highest BCUT2D eigenvalue weighted by Gasteiger charge is 2.22. The van der Waals surface area contributed by atoms with Crippen molar-refractivity contribution < 1.29 is 9.13 Å². The summed E-state index contributed by atoms with van der Waals surface area (Å²) in [6.07, 6.45) is 1.73. The van der Waals surface area contributed by atoms with Crippen LogP contribution in [0.5, 0.6) is 0 Å². The van der Waals surface area contributed by atoms with E-state index in [1.54, 1.807) is 12.1 Å². The first-order chi connectivity index (χ1) is 9.78. The molecule has 0 aromatic heterocycles.